The lowest BCUT2D eigenvalue weighted by atomic mass is 9.78. The molecule has 16 heavy (non-hydrogen) atoms. The molecule has 1 aliphatic heterocycles. The minimum absolute atomic E-state index is 0.0998. The van der Waals surface area contributed by atoms with Gasteiger partial charge in [0.15, 0.2) is 0 Å². The highest BCUT2D eigenvalue weighted by atomic mass is 127. The van der Waals surface area contributed by atoms with Crippen molar-refractivity contribution in [1.82, 2.24) is 0 Å². The fourth-order valence-electron chi connectivity index (χ4n) is 2.85. The van der Waals surface area contributed by atoms with E-state index in [-0.39, 0.29) is 5.92 Å². The Morgan fingerprint density at radius 1 is 1.12 bits per heavy atom. The summed E-state index contributed by atoms with van der Waals surface area (Å²) in [5, 5.41) is 8.94. The number of aliphatic carboxylic acids is 1. The molecule has 2 unspecified atom stereocenters. The summed E-state index contributed by atoms with van der Waals surface area (Å²) in [5.74, 6) is -0.105. The Morgan fingerprint density at radius 3 is 2.31 bits per heavy atom. The van der Waals surface area contributed by atoms with Gasteiger partial charge in [0.05, 0.1) is 18.6 Å². The third-order valence-corrected chi connectivity index (χ3v) is 4.88. The first-order valence-corrected chi connectivity index (χ1v) is 7.40. The zero-order valence-electron chi connectivity index (χ0n) is 9.40. The number of carbonyl (C=O) groups is 1. The van der Waals surface area contributed by atoms with Gasteiger partial charge in [-0.05, 0) is 44.4 Å². The van der Waals surface area contributed by atoms with Gasteiger partial charge in [-0.2, -0.15) is 0 Å². The van der Waals surface area contributed by atoms with Crippen LogP contribution in [0.2, 0.25) is 0 Å². The molecule has 0 spiro atoms. The van der Waals surface area contributed by atoms with E-state index in [4.69, 9.17) is 9.84 Å². The summed E-state index contributed by atoms with van der Waals surface area (Å²) < 4.78 is 6.54. The van der Waals surface area contributed by atoms with Crippen LogP contribution in [0, 0.1) is 11.8 Å². The predicted molar refractivity (Wildman–Crippen MR) is 69.9 cm³/mol. The van der Waals surface area contributed by atoms with Crippen molar-refractivity contribution in [2.75, 3.05) is 6.61 Å². The average Bonchev–Trinajstić information content (AvgIpc) is 2.30. The van der Waals surface area contributed by atoms with Crippen LogP contribution in [0.4, 0.5) is 0 Å². The van der Waals surface area contributed by atoms with E-state index in [1.165, 1.54) is 6.42 Å². The third-order valence-electron chi connectivity index (χ3n) is 3.90. The molecule has 3 nitrogen and oxygen atoms in total. The van der Waals surface area contributed by atoms with E-state index in [1.54, 1.807) is 0 Å². The third kappa shape index (κ3) is 3.09. The monoisotopic (exact) mass is 338 g/mol. The zero-order valence-corrected chi connectivity index (χ0v) is 11.6. The van der Waals surface area contributed by atoms with E-state index in [9.17, 15) is 4.79 Å². The quantitative estimate of drug-likeness (QED) is 0.622. The maximum absolute atomic E-state index is 10.8. The molecule has 0 radical (unpaired) electrons. The van der Waals surface area contributed by atoms with Gasteiger partial charge in [0.25, 0.3) is 0 Å². The largest absolute Gasteiger partial charge is 0.481 e. The van der Waals surface area contributed by atoms with Crippen molar-refractivity contribution < 1.29 is 14.6 Å². The number of halogens is 1. The Bertz CT molecular complexity index is 241. The molecule has 1 N–H and O–H groups in total. The van der Waals surface area contributed by atoms with Crippen LogP contribution >= 0.6 is 22.6 Å². The van der Waals surface area contributed by atoms with Gasteiger partial charge in [-0.25, -0.2) is 0 Å². The molecule has 2 atom stereocenters. The number of rotatable bonds is 2. The molecule has 1 saturated carbocycles. The number of hydrogen-bond donors (Lipinski definition) is 1. The predicted octanol–water partition coefficient (Wildman–Crippen LogP) is 2.86. The molecule has 0 aromatic carbocycles. The summed E-state index contributed by atoms with van der Waals surface area (Å²) in [7, 11) is 0. The Hall–Kier alpha value is 0.160. The first kappa shape index (κ1) is 12.6. The van der Waals surface area contributed by atoms with Crippen molar-refractivity contribution in [3.05, 3.63) is 0 Å². The molecule has 92 valence electrons. The van der Waals surface area contributed by atoms with E-state index >= 15 is 0 Å². The Kier molecular flexibility index (Phi) is 4.47. The van der Waals surface area contributed by atoms with Crippen LogP contribution in [0.25, 0.3) is 0 Å². The summed E-state index contributed by atoms with van der Waals surface area (Å²) >= 11 is 2.45. The molecular weight excluding hydrogens is 319 g/mol. The van der Waals surface area contributed by atoms with Crippen LogP contribution in [-0.4, -0.2) is 27.7 Å². The van der Waals surface area contributed by atoms with Gasteiger partial charge in [-0.1, -0.05) is 22.6 Å². The first-order valence-electron chi connectivity index (χ1n) is 6.15. The second-order valence-corrected chi connectivity index (χ2v) is 6.76. The van der Waals surface area contributed by atoms with Crippen molar-refractivity contribution in [3.63, 3.8) is 0 Å². The van der Waals surface area contributed by atoms with E-state index in [2.05, 4.69) is 22.6 Å². The fraction of sp³-hybridized carbons (Fsp3) is 0.917. The number of carboxylic acid groups (broad SMARTS) is 1. The maximum Gasteiger partial charge on any atom is 0.306 e. The number of carboxylic acids is 1. The van der Waals surface area contributed by atoms with Crippen LogP contribution in [0.5, 0.6) is 0 Å². The Labute approximate surface area is 110 Å². The van der Waals surface area contributed by atoms with Crippen LogP contribution in [0.3, 0.4) is 0 Å². The Balaban J connectivity index is 1.78. The van der Waals surface area contributed by atoms with E-state index in [1.807, 2.05) is 0 Å². The summed E-state index contributed by atoms with van der Waals surface area (Å²) in [4.78, 5) is 10.8. The highest BCUT2D eigenvalue weighted by Crippen LogP contribution is 2.35. The van der Waals surface area contributed by atoms with Gasteiger partial charge in [0.1, 0.15) is 0 Å². The maximum atomic E-state index is 10.8. The molecule has 1 aliphatic carbocycles. The fourth-order valence-corrected chi connectivity index (χ4v) is 3.42. The molecule has 2 fully saturated rings. The molecule has 1 saturated heterocycles. The summed E-state index contributed by atoms with van der Waals surface area (Å²) in [6.07, 6.45) is 6.57. The number of alkyl halides is 1. The molecule has 4 heteroatoms. The minimum atomic E-state index is -0.615. The highest BCUT2D eigenvalue weighted by Gasteiger charge is 2.32. The van der Waals surface area contributed by atoms with Crippen LogP contribution in [-0.2, 0) is 9.53 Å². The van der Waals surface area contributed by atoms with Gasteiger partial charge in [-0.3, -0.25) is 4.79 Å². The van der Waals surface area contributed by atoms with Gasteiger partial charge < -0.3 is 9.84 Å². The standard InChI is InChI=1S/C12H19IO3/c13-10-5-6-11(16-7-10)8-1-3-9(4-2-8)12(14)15/h8-11H,1-7H2,(H,14,15). The van der Waals surface area contributed by atoms with Crippen molar-refractivity contribution in [2.45, 2.75) is 48.6 Å². The Morgan fingerprint density at radius 2 is 1.81 bits per heavy atom. The summed E-state index contributed by atoms with van der Waals surface area (Å²) in [6, 6.07) is 0. The lowest BCUT2D eigenvalue weighted by Gasteiger charge is -2.35. The normalized spacial score (nSPS) is 40.6. The van der Waals surface area contributed by atoms with Gasteiger partial charge >= 0.3 is 5.97 Å². The summed E-state index contributed by atoms with van der Waals surface area (Å²) in [5.41, 5.74) is 0. The molecule has 2 rings (SSSR count). The van der Waals surface area contributed by atoms with Crippen LogP contribution in [0.1, 0.15) is 38.5 Å². The van der Waals surface area contributed by atoms with Crippen LogP contribution < -0.4 is 0 Å². The molecule has 1 heterocycles. The van der Waals surface area contributed by atoms with Crippen molar-refractivity contribution >= 4 is 28.6 Å². The topological polar surface area (TPSA) is 46.5 Å². The second-order valence-electron chi connectivity index (χ2n) is 5.00. The SMILES string of the molecule is O=C(O)C1CCC(C2CCC(I)CO2)CC1. The van der Waals surface area contributed by atoms with Crippen LogP contribution in [0.15, 0.2) is 0 Å². The minimum Gasteiger partial charge on any atom is -0.481 e. The van der Waals surface area contributed by atoms with E-state index in [0.29, 0.717) is 15.9 Å². The molecule has 0 bridgehead atoms. The average molecular weight is 338 g/mol. The van der Waals surface area contributed by atoms with Crippen molar-refractivity contribution in [3.8, 4) is 0 Å². The molecule has 0 aromatic heterocycles. The second kappa shape index (κ2) is 5.67. The van der Waals surface area contributed by atoms with Crippen molar-refractivity contribution in [1.29, 1.82) is 0 Å². The lowest BCUT2D eigenvalue weighted by Crippen LogP contribution is -2.35. The van der Waals surface area contributed by atoms with Gasteiger partial charge in [-0.15, -0.1) is 0 Å². The number of ether oxygens (including phenoxy) is 1. The molecule has 2 aliphatic rings. The lowest BCUT2D eigenvalue weighted by molar-refractivity contribution is -0.143. The van der Waals surface area contributed by atoms with E-state index < -0.39 is 5.97 Å². The number of hydrogen-bond acceptors (Lipinski definition) is 2. The zero-order chi connectivity index (χ0) is 11.5. The highest BCUT2D eigenvalue weighted by molar-refractivity contribution is 14.1. The first-order chi connectivity index (χ1) is 7.66. The van der Waals surface area contributed by atoms with E-state index in [0.717, 1.165) is 38.7 Å². The summed E-state index contributed by atoms with van der Waals surface area (Å²) in [6.45, 7) is 0.879. The van der Waals surface area contributed by atoms with Gasteiger partial charge in [0, 0.05) is 3.92 Å². The van der Waals surface area contributed by atoms with Crippen molar-refractivity contribution in [2.24, 2.45) is 11.8 Å². The smallest absolute Gasteiger partial charge is 0.306 e. The molecule has 0 aromatic rings. The molecule has 0 amide bonds. The molecular formula is C12H19IO3. The van der Waals surface area contributed by atoms with Gasteiger partial charge in [0.2, 0.25) is 0 Å².